The molecule has 0 bridgehead atoms. The van der Waals surface area contributed by atoms with Gasteiger partial charge in [-0.05, 0) is 52.7 Å². The van der Waals surface area contributed by atoms with Crippen molar-refractivity contribution in [1.29, 1.82) is 0 Å². The number of hydrogen-bond acceptors (Lipinski definition) is 7. The van der Waals surface area contributed by atoms with Gasteiger partial charge in [0.1, 0.15) is 0 Å². The van der Waals surface area contributed by atoms with Crippen LogP contribution in [0.25, 0.3) is 0 Å². The van der Waals surface area contributed by atoms with Crippen LogP contribution in [-0.4, -0.2) is 40.1 Å². The largest absolute Gasteiger partial charge is 0.493 e. The number of rotatable bonds is 6. The Kier molecular flexibility index (Phi) is 5.09. The fourth-order valence-corrected chi connectivity index (χ4v) is 2.09. The minimum Gasteiger partial charge on any atom is -0.493 e. The van der Waals surface area contributed by atoms with Gasteiger partial charge in [0.15, 0.2) is 11.5 Å². The fourth-order valence-electron chi connectivity index (χ4n) is 1.54. The molecule has 0 saturated carbocycles. The van der Waals surface area contributed by atoms with Crippen LogP contribution in [0.2, 0.25) is 0 Å². The summed E-state index contributed by atoms with van der Waals surface area (Å²) in [4.78, 5) is 0. The third-order valence-electron chi connectivity index (χ3n) is 2.33. The first-order valence-corrected chi connectivity index (χ1v) is 6.96. The molecule has 0 spiro atoms. The monoisotopic (exact) mass is 354 g/mol. The lowest BCUT2D eigenvalue weighted by Gasteiger charge is -2.15. The normalized spacial score (nSPS) is 11.1. The van der Waals surface area contributed by atoms with Crippen LogP contribution in [0.3, 0.4) is 0 Å². The minimum atomic E-state index is 0.0506. The molecule has 0 amide bonds. The van der Waals surface area contributed by atoms with Crippen LogP contribution in [0.5, 0.6) is 11.5 Å². The molecule has 0 unspecified atom stereocenters. The van der Waals surface area contributed by atoms with Crippen molar-refractivity contribution >= 4 is 28.1 Å². The van der Waals surface area contributed by atoms with E-state index in [-0.39, 0.29) is 12.1 Å². The summed E-state index contributed by atoms with van der Waals surface area (Å²) in [6.45, 7) is 3.91. The zero-order valence-corrected chi connectivity index (χ0v) is 13.4. The number of benzene rings is 1. The molecule has 2 N–H and O–H groups in total. The Morgan fingerprint density at radius 1 is 1.43 bits per heavy atom. The number of aromatic nitrogens is 4. The van der Waals surface area contributed by atoms with E-state index in [0.717, 1.165) is 10.0 Å². The number of H-pyrrole nitrogens is 1. The first-order chi connectivity index (χ1) is 10.1. The van der Waals surface area contributed by atoms with Crippen LogP contribution in [0.1, 0.15) is 19.4 Å². The second-order valence-electron chi connectivity index (χ2n) is 4.31. The van der Waals surface area contributed by atoms with E-state index >= 15 is 0 Å². The molecule has 1 aromatic heterocycles. The van der Waals surface area contributed by atoms with E-state index in [0.29, 0.717) is 11.5 Å². The molecule has 21 heavy (non-hydrogen) atoms. The van der Waals surface area contributed by atoms with Gasteiger partial charge in [-0.2, -0.15) is 10.3 Å². The predicted molar refractivity (Wildman–Crippen MR) is 81.9 cm³/mol. The number of hydrazone groups is 1. The number of tetrazole rings is 1. The van der Waals surface area contributed by atoms with Crippen molar-refractivity contribution in [2.24, 2.45) is 5.10 Å². The first-order valence-electron chi connectivity index (χ1n) is 6.17. The second kappa shape index (κ2) is 7.02. The molecule has 0 atom stereocenters. The minimum absolute atomic E-state index is 0.0506. The molecule has 0 aliphatic rings. The van der Waals surface area contributed by atoms with Crippen LogP contribution in [-0.2, 0) is 0 Å². The van der Waals surface area contributed by atoms with Gasteiger partial charge in [0.2, 0.25) is 0 Å². The molecule has 0 aliphatic heterocycles. The maximum Gasteiger partial charge on any atom is 0.283 e. The summed E-state index contributed by atoms with van der Waals surface area (Å²) < 4.78 is 11.9. The number of nitrogens with one attached hydrogen (secondary N) is 2. The Balaban J connectivity index is 2.17. The van der Waals surface area contributed by atoms with E-state index in [9.17, 15) is 0 Å². The van der Waals surface area contributed by atoms with Crippen LogP contribution < -0.4 is 14.9 Å². The number of nitrogens with zero attached hydrogens (tertiary/aromatic N) is 4. The molecule has 1 aromatic carbocycles. The molecular weight excluding hydrogens is 340 g/mol. The SMILES string of the molecule is COc1cc(/C=N/Nc2nn[nH]n2)cc(Br)c1OC(C)C. The molecule has 112 valence electrons. The average Bonchev–Trinajstić information content (AvgIpc) is 2.94. The first kappa shape index (κ1) is 15.2. The Bertz CT molecular complexity index is 614. The molecule has 0 fully saturated rings. The number of methoxy groups -OCH3 is 1. The van der Waals surface area contributed by atoms with E-state index in [2.05, 4.69) is 47.1 Å². The van der Waals surface area contributed by atoms with Gasteiger partial charge in [-0.15, -0.1) is 5.10 Å². The van der Waals surface area contributed by atoms with Gasteiger partial charge in [-0.1, -0.05) is 5.10 Å². The van der Waals surface area contributed by atoms with E-state index in [1.807, 2.05) is 26.0 Å². The maximum absolute atomic E-state index is 5.72. The zero-order chi connectivity index (χ0) is 15.2. The molecule has 2 rings (SSSR count). The van der Waals surface area contributed by atoms with E-state index in [1.54, 1.807) is 13.3 Å². The van der Waals surface area contributed by atoms with Crippen LogP contribution in [0.4, 0.5) is 5.95 Å². The Morgan fingerprint density at radius 3 is 2.86 bits per heavy atom. The summed E-state index contributed by atoms with van der Waals surface area (Å²) in [5.74, 6) is 1.58. The highest BCUT2D eigenvalue weighted by molar-refractivity contribution is 9.10. The molecule has 0 radical (unpaired) electrons. The van der Waals surface area contributed by atoms with Gasteiger partial charge < -0.3 is 9.47 Å². The predicted octanol–water partition coefficient (Wildman–Crippen LogP) is 2.20. The summed E-state index contributed by atoms with van der Waals surface area (Å²) >= 11 is 3.47. The number of anilines is 1. The van der Waals surface area contributed by atoms with Gasteiger partial charge in [0.05, 0.1) is 23.9 Å². The van der Waals surface area contributed by atoms with Gasteiger partial charge in [0, 0.05) is 0 Å². The molecule has 0 aliphatic carbocycles. The van der Waals surface area contributed by atoms with Gasteiger partial charge in [-0.25, -0.2) is 5.43 Å². The van der Waals surface area contributed by atoms with Crippen molar-refractivity contribution in [1.82, 2.24) is 20.6 Å². The second-order valence-corrected chi connectivity index (χ2v) is 5.16. The quantitative estimate of drug-likeness (QED) is 0.609. The smallest absolute Gasteiger partial charge is 0.283 e. The van der Waals surface area contributed by atoms with Crippen molar-refractivity contribution in [3.05, 3.63) is 22.2 Å². The van der Waals surface area contributed by atoms with E-state index < -0.39 is 0 Å². The van der Waals surface area contributed by atoms with Crippen molar-refractivity contribution in [2.45, 2.75) is 20.0 Å². The molecule has 1 heterocycles. The Hall–Kier alpha value is -2.16. The van der Waals surface area contributed by atoms with Gasteiger partial charge in [0.25, 0.3) is 5.95 Å². The average molecular weight is 355 g/mol. The number of aromatic amines is 1. The van der Waals surface area contributed by atoms with Crippen molar-refractivity contribution in [3.63, 3.8) is 0 Å². The van der Waals surface area contributed by atoms with E-state index in [4.69, 9.17) is 9.47 Å². The third kappa shape index (κ3) is 4.15. The lowest BCUT2D eigenvalue weighted by atomic mass is 10.2. The number of halogens is 1. The van der Waals surface area contributed by atoms with Crippen LogP contribution in [0, 0.1) is 0 Å². The molecule has 9 heteroatoms. The van der Waals surface area contributed by atoms with Crippen LogP contribution >= 0.6 is 15.9 Å². The van der Waals surface area contributed by atoms with Gasteiger partial charge in [-0.3, -0.25) is 0 Å². The maximum atomic E-state index is 5.72. The summed E-state index contributed by atoms with van der Waals surface area (Å²) in [6, 6.07) is 3.70. The Labute approximate surface area is 130 Å². The van der Waals surface area contributed by atoms with Crippen molar-refractivity contribution in [2.75, 3.05) is 12.5 Å². The van der Waals surface area contributed by atoms with E-state index in [1.165, 1.54) is 0 Å². The standard InChI is InChI=1S/C12H15BrN6O2/c1-7(2)21-11-9(13)4-8(5-10(11)20-3)6-14-15-12-16-18-19-17-12/h4-7H,1-3H3,(H2,15,16,17,18,19)/b14-6+. The fraction of sp³-hybridized carbons (Fsp3) is 0.333. The number of hydrogen-bond donors (Lipinski definition) is 2. The zero-order valence-electron chi connectivity index (χ0n) is 11.8. The lowest BCUT2D eigenvalue weighted by Crippen LogP contribution is -2.07. The highest BCUT2D eigenvalue weighted by atomic mass is 79.9. The third-order valence-corrected chi connectivity index (χ3v) is 2.92. The number of ether oxygens (including phenoxy) is 2. The topological polar surface area (TPSA) is 97.3 Å². The van der Waals surface area contributed by atoms with Crippen molar-refractivity contribution < 1.29 is 9.47 Å². The summed E-state index contributed by atoms with van der Waals surface area (Å²) in [6.07, 6.45) is 1.66. The highest BCUT2D eigenvalue weighted by Crippen LogP contribution is 2.36. The summed E-state index contributed by atoms with van der Waals surface area (Å²) in [5, 5.41) is 17.2. The molecule has 8 nitrogen and oxygen atoms in total. The van der Waals surface area contributed by atoms with Gasteiger partial charge >= 0.3 is 0 Å². The highest BCUT2D eigenvalue weighted by Gasteiger charge is 2.12. The Morgan fingerprint density at radius 2 is 2.24 bits per heavy atom. The van der Waals surface area contributed by atoms with Crippen molar-refractivity contribution in [3.8, 4) is 11.5 Å². The molecule has 2 aromatic rings. The summed E-state index contributed by atoms with van der Waals surface area (Å²) in [7, 11) is 1.59. The lowest BCUT2D eigenvalue weighted by molar-refractivity contribution is 0.228. The van der Waals surface area contributed by atoms with Crippen LogP contribution in [0.15, 0.2) is 21.7 Å². The molecule has 0 saturated heterocycles. The molecular formula is C12H15BrN6O2. The summed E-state index contributed by atoms with van der Waals surface area (Å²) in [5.41, 5.74) is 3.47.